The SMILES string of the molecule is CCCCCCCCCCCCCCCCO.CCCCCCCCCCCCCCC[CH2][K]. The second-order valence-electron chi connectivity index (χ2n) is 10.9. The zero-order chi connectivity index (χ0) is 25.2. The fraction of sp³-hybridized carbons (Fsp3) is 1.00. The zero-order valence-electron chi connectivity index (χ0n) is 24.7. The zero-order valence-corrected chi connectivity index (χ0v) is 27.8. The second kappa shape index (κ2) is 39.1. The first kappa shape index (κ1) is 37.7. The van der Waals surface area contributed by atoms with Gasteiger partial charge < -0.3 is 5.11 Å². The number of aliphatic hydroxyl groups is 1. The van der Waals surface area contributed by atoms with Gasteiger partial charge in [-0.1, -0.05) is 117 Å². The summed E-state index contributed by atoms with van der Waals surface area (Å²) >= 11 is 1.10. The molecule has 0 heterocycles. The summed E-state index contributed by atoms with van der Waals surface area (Å²) in [5, 5.41) is 8.64. The van der Waals surface area contributed by atoms with E-state index < -0.39 is 0 Å². The Morgan fingerprint density at radius 2 is 0.529 bits per heavy atom. The Morgan fingerprint density at radius 1 is 0.324 bits per heavy atom. The predicted octanol–water partition coefficient (Wildman–Crippen LogP) is 11.5. The van der Waals surface area contributed by atoms with E-state index in [9.17, 15) is 0 Å². The van der Waals surface area contributed by atoms with Crippen molar-refractivity contribution in [3.63, 3.8) is 0 Å². The molecule has 0 amide bonds. The molecule has 0 fully saturated rings. The van der Waals surface area contributed by atoms with E-state index in [-0.39, 0.29) is 0 Å². The summed E-state index contributed by atoms with van der Waals surface area (Å²) in [6, 6.07) is 0. The van der Waals surface area contributed by atoms with Gasteiger partial charge in [-0.15, -0.1) is 0 Å². The van der Waals surface area contributed by atoms with Gasteiger partial charge in [-0.3, -0.25) is 0 Å². The Labute approximate surface area is 252 Å². The van der Waals surface area contributed by atoms with Gasteiger partial charge in [-0.25, -0.2) is 0 Å². The van der Waals surface area contributed by atoms with Gasteiger partial charge in [-0.2, -0.15) is 0 Å². The van der Waals surface area contributed by atoms with E-state index in [4.69, 9.17) is 5.11 Å². The van der Waals surface area contributed by atoms with Crippen molar-refractivity contribution in [1.82, 2.24) is 0 Å². The molecule has 0 aliphatic rings. The van der Waals surface area contributed by atoms with Crippen molar-refractivity contribution in [2.75, 3.05) is 6.61 Å². The molecule has 0 spiro atoms. The van der Waals surface area contributed by atoms with Crippen molar-refractivity contribution >= 4 is 49.0 Å². The van der Waals surface area contributed by atoms with E-state index in [2.05, 4.69) is 13.8 Å². The van der Waals surface area contributed by atoms with Crippen LogP contribution in [-0.2, 0) is 0 Å². The molecule has 0 atom stereocenters. The van der Waals surface area contributed by atoms with Crippen molar-refractivity contribution in [2.24, 2.45) is 0 Å². The Bertz CT molecular complexity index is 249. The van der Waals surface area contributed by atoms with Gasteiger partial charge in [0.15, 0.2) is 0 Å². The number of aliphatic hydroxyl groups excluding tert-OH is 1. The number of hydrogen-bond acceptors (Lipinski definition) is 1. The summed E-state index contributed by atoms with van der Waals surface area (Å²) in [6.07, 6.45) is 40.0. The molecule has 34 heavy (non-hydrogen) atoms. The van der Waals surface area contributed by atoms with E-state index in [1.165, 1.54) is 173 Å². The van der Waals surface area contributed by atoms with Crippen molar-refractivity contribution in [2.45, 2.75) is 194 Å². The van der Waals surface area contributed by atoms with Crippen molar-refractivity contribution in [1.29, 1.82) is 0 Å². The normalized spacial score (nSPS) is 11.0. The van der Waals surface area contributed by atoms with E-state index in [0.717, 1.165) is 55.4 Å². The molecule has 0 saturated heterocycles. The summed E-state index contributed by atoms with van der Waals surface area (Å²) < 4.78 is 1.56. The summed E-state index contributed by atoms with van der Waals surface area (Å²) in [5.41, 5.74) is 0. The van der Waals surface area contributed by atoms with Crippen LogP contribution in [0.2, 0.25) is 0.515 Å². The molecule has 0 aliphatic heterocycles. The van der Waals surface area contributed by atoms with Crippen molar-refractivity contribution in [3.05, 3.63) is 0 Å². The third-order valence-corrected chi connectivity index (χ3v) is 8.32. The van der Waals surface area contributed by atoms with Crippen LogP contribution < -0.4 is 0 Å². The van der Waals surface area contributed by atoms with Crippen LogP contribution in [0.4, 0.5) is 0 Å². The maximum absolute atomic E-state index is 8.64. The van der Waals surface area contributed by atoms with Gasteiger partial charge >= 0.3 is 120 Å². The summed E-state index contributed by atoms with van der Waals surface area (Å²) in [6.45, 7) is 4.95. The molecule has 0 saturated carbocycles. The van der Waals surface area contributed by atoms with E-state index >= 15 is 0 Å². The molecule has 0 aromatic rings. The predicted molar refractivity (Wildman–Crippen MR) is 158 cm³/mol. The first-order valence-electron chi connectivity index (χ1n) is 16.4. The fourth-order valence-corrected chi connectivity index (χ4v) is 5.53. The van der Waals surface area contributed by atoms with Gasteiger partial charge in [-0.05, 0) is 6.42 Å². The molecule has 0 radical (unpaired) electrons. The summed E-state index contributed by atoms with van der Waals surface area (Å²) in [7, 11) is 0. The quantitative estimate of drug-likeness (QED) is 0.0826. The first-order valence-corrected chi connectivity index (χ1v) is 18.6. The molecule has 0 aromatic carbocycles. The van der Waals surface area contributed by atoms with Crippen LogP contribution >= 0.6 is 0 Å². The van der Waals surface area contributed by atoms with Crippen LogP contribution in [0.5, 0.6) is 0 Å². The van der Waals surface area contributed by atoms with Gasteiger partial charge in [0.05, 0.1) is 0 Å². The molecule has 0 rings (SSSR count). The van der Waals surface area contributed by atoms with Crippen molar-refractivity contribution < 1.29 is 5.11 Å². The molecule has 202 valence electrons. The molecule has 0 aliphatic carbocycles. The van der Waals surface area contributed by atoms with Crippen LogP contribution in [-0.4, -0.2) is 60.7 Å². The average molecular weight is 507 g/mol. The molecule has 0 unspecified atom stereocenters. The van der Waals surface area contributed by atoms with Crippen LogP contribution in [0.3, 0.4) is 0 Å². The Kier molecular flexibility index (Phi) is 43.4. The molecular formula is C32H67KO. The third-order valence-electron chi connectivity index (χ3n) is 7.22. The van der Waals surface area contributed by atoms with Gasteiger partial charge in [0.2, 0.25) is 0 Å². The van der Waals surface area contributed by atoms with Crippen LogP contribution in [0.15, 0.2) is 0 Å². The van der Waals surface area contributed by atoms with E-state index in [1.807, 2.05) is 0 Å². The first-order chi connectivity index (χ1) is 16.8. The number of unbranched alkanes of at least 4 members (excludes halogenated alkanes) is 26. The monoisotopic (exact) mass is 506 g/mol. The molecular weight excluding hydrogens is 439 g/mol. The summed E-state index contributed by atoms with van der Waals surface area (Å²) in [4.78, 5) is 0. The standard InChI is InChI=1S/C16H34O.C16H33.K/c1-2-3-4-5-6-7-8-9-10-11-12-13-14-15-16-17;1-3-5-7-9-11-13-15-16-14-12-10-8-6-4-2;/h17H,2-16H2,1H3;1,3-16H2,2H3;. The van der Waals surface area contributed by atoms with Crippen molar-refractivity contribution in [3.8, 4) is 0 Å². The third kappa shape index (κ3) is 40.8. The molecule has 1 nitrogen and oxygen atoms in total. The molecule has 0 bridgehead atoms. The van der Waals surface area contributed by atoms with E-state index in [1.54, 1.807) is 0.515 Å². The Hall–Kier alpha value is 1.60. The van der Waals surface area contributed by atoms with Gasteiger partial charge in [0.25, 0.3) is 0 Å². The maximum atomic E-state index is 8.64. The Balaban J connectivity index is 0. The Morgan fingerprint density at radius 3 is 0.735 bits per heavy atom. The van der Waals surface area contributed by atoms with Crippen LogP contribution in [0, 0.1) is 0 Å². The second-order valence-corrected chi connectivity index (χ2v) is 12.5. The average Bonchev–Trinajstić information content (AvgIpc) is 2.85. The molecule has 1 N–H and O–H groups in total. The van der Waals surface area contributed by atoms with Gasteiger partial charge in [0, 0.05) is 6.61 Å². The van der Waals surface area contributed by atoms with E-state index in [0.29, 0.717) is 6.61 Å². The minimum absolute atomic E-state index is 0.373. The number of rotatable bonds is 28. The fourth-order valence-electron chi connectivity index (χ4n) is 4.75. The van der Waals surface area contributed by atoms with Crippen LogP contribution in [0.25, 0.3) is 0 Å². The molecule has 0 aromatic heterocycles. The summed E-state index contributed by atoms with van der Waals surface area (Å²) in [5.74, 6) is 0. The minimum atomic E-state index is 0.373. The topological polar surface area (TPSA) is 20.2 Å². The van der Waals surface area contributed by atoms with Gasteiger partial charge in [0.1, 0.15) is 0 Å². The molecule has 2 heteroatoms. The number of hydrogen-bond donors (Lipinski definition) is 1. The van der Waals surface area contributed by atoms with Crippen LogP contribution in [0.1, 0.15) is 194 Å².